The second kappa shape index (κ2) is 4.23. The van der Waals surface area contributed by atoms with Gasteiger partial charge in [-0.05, 0) is 22.0 Å². The Morgan fingerprint density at radius 1 is 1.54 bits per heavy atom. The van der Waals surface area contributed by atoms with Gasteiger partial charge in [0.15, 0.2) is 0 Å². The van der Waals surface area contributed by atoms with Crippen LogP contribution in [0.5, 0.6) is 0 Å². The lowest BCUT2D eigenvalue weighted by atomic mass is 10.4. The fourth-order valence-corrected chi connectivity index (χ4v) is 1.42. The first-order chi connectivity index (χ1) is 6.11. The van der Waals surface area contributed by atoms with Crippen LogP contribution < -0.4 is 5.56 Å². The van der Waals surface area contributed by atoms with E-state index in [0.29, 0.717) is 4.60 Å². The summed E-state index contributed by atoms with van der Waals surface area (Å²) in [5.74, 6) is -0.914. The predicted molar refractivity (Wildman–Crippen MR) is 50.7 cm³/mol. The van der Waals surface area contributed by atoms with E-state index in [1.165, 1.54) is 10.6 Å². The van der Waals surface area contributed by atoms with Crippen LogP contribution in [0.25, 0.3) is 0 Å². The van der Waals surface area contributed by atoms with Crippen molar-refractivity contribution < 1.29 is 9.90 Å². The first kappa shape index (κ1) is 9.98. The summed E-state index contributed by atoms with van der Waals surface area (Å²) >= 11 is 3.17. The minimum Gasteiger partial charge on any atom is -0.481 e. The number of halogens is 1. The van der Waals surface area contributed by atoms with Crippen LogP contribution in [0.15, 0.2) is 27.6 Å². The maximum Gasteiger partial charge on any atom is 0.305 e. The Morgan fingerprint density at radius 2 is 2.23 bits per heavy atom. The summed E-state index contributed by atoms with van der Waals surface area (Å²) in [6.45, 7) is 0.190. The van der Waals surface area contributed by atoms with Crippen molar-refractivity contribution in [2.75, 3.05) is 0 Å². The molecule has 0 fully saturated rings. The molecular weight excluding hydrogens is 238 g/mol. The number of nitrogens with zero attached hydrogens (tertiary/aromatic N) is 1. The van der Waals surface area contributed by atoms with Gasteiger partial charge in [0, 0.05) is 12.6 Å². The number of rotatable bonds is 3. The molecule has 0 bridgehead atoms. The highest BCUT2D eigenvalue weighted by molar-refractivity contribution is 9.10. The Hall–Kier alpha value is -1.10. The van der Waals surface area contributed by atoms with Crippen LogP contribution in [-0.4, -0.2) is 15.6 Å². The van der Waals surface area contributed by atoms with Gasteiger partial charge in [-0.25, -0.2) is 0 Å². The van der Waals surface area contributed by atoms with E-state index in [2.05, 4.69) is 15.9 Å². The third-order valence-corrected chi connectivity index (χ3v) is 2.24. The van der Waals surface area contributed by atoms with Gasteiger partial charge in [0.05, 0.1) is 11.0 Å². The van der Waals surface area contributed by atoms with E-state index in [4.69, 9.17) is 5.11 Å². The van der Waals surface area contributed by atoms with E-state index in [1.54, 1.807) is 12.1 Å². The van der Waals surface area contributed by atoms with Gasteiger partial charge in [0.25, 0.3) is 5.56 Å². The Morgan fingerprint density at radius 3 is 2.77 bits per heavy atom. The molecule has 13 heavy (non-hydrogen) atoms. The SMILES string of the molecule is O=C(O)CCn1c(Br)cccc1=O. The maximum absolute atomic E-state index is 11.2. The number of hydrogen-bond donors (Lipinski definition) is 1. The van der Waals surface area contributed by atoms with E-state index in [0.717, 1.165) is 0 Å². The molecule has 0 spiro atoms. The average molecular weight is 246 g/mol. The predicted octanol–water partition coefficient (Wildman–Crippen LogP) is 1.09. The molecule has 5 heteroatoms. The van der Waals surface area contributed by atoms with Crippen molar-refractivity contribution in [1.29, 1.82) is 0 Å². The summed E-state index contributed by atoms with van der Waals surface area (Å²) < 4.78 is 1.97. The molecule has 1 aromatic heterocycles. The summed E-state index contributed by atoms with van der Waals surface area (Å²) in [4.78, 5) is 21.5. The zero-order valence-corrected chi connectivity index (χ0v) is 8.32. The van der Waals surface area contributed by atoms with Crippen LogP contribution in [0.1, 0.15) is 6.42 Å². The van der Waals surface area contributed by atoms with Gasteiger partial charge in [-0.15, -0.1) is 0 Å². The molecular formula is C8H8BrNO3. The molecule has 0 aliphatic heterocycles. The lowest BCUT2D eigenvalue weighted by Gasteiger charge is -2.04. The second-order valence-corrected chi connectivity index (χ2v) is 3.29. The first-order valence-electron chi connectivity index (χ1n) is 3.68. The molecule has 0 aromatic carbocycles. The zero-order valence-electron chi connectivity index (χ0n) is 6.74. The largest absolute Gasteiger partial charge is 0.481 e. The minimum absolute atomic E-state index is 0.0531. The van der Waals surface area contributed by atoms with Gasteiger partial charge in [-0.1, -0.05) is 6.07 Å². The highest BCUT2D eigenvalue weighted by atomic mass is 79.9. The van der Waals surface area contributed by atoms with Crippen molar-refractivity contribution in [3.05, 3.63) is 33.2 Å². The van der Waals surface area contributed by atoms with E-state index in [9.17, 15) is 9.59 Å². The topological polar surface area (TPSA) is 59.3 Å². The molecule has 0 atom stereocenters. The molecule has 0 aliphatic rings. The maximum atomic E-state index is 11.2. The molecule has 4 nitrogen and oxygen atoms in total. The Kier molecular flexibility index (Phi) is 3.25. The number of carbonyl (C=O) groups is 1. The molecule has 0 aliphatic carbocycles. The van der Waals surface area contributed by atoms with Crippen LogP contribution >= 0.6 is 15.9 Å². The van der Waals surface area contributed by atoms with Gasteiger partial charge in [-0.3, -0.25) is 9.59 Å². The molecule has 0 saturated heterocycles. The van der Waals surface area contributed by atoms with Crippen molar-refractivity contribution >= 4 is 21.9 Å². The highest BCUT2D eigenvalue weighted by Crippen LogP contribution is 2.06. The number of carboxylic acids is 1. The highest BCUT2D eigenvalue weighted by Gasteiger charge is 2.02. The molecule has 1 N–H and O–H groups in total. The van der Waals surface area contributed by atoms with Crippen LogP contribution in [0.2, 0.25) is 0 Å². The van der Waals surface area contributed by atoms with E-state index < -0.39 is 5.97 Å². The number of hydrogen-bond acceptors (Lipinski definition) is 2. The van der Waals surface area contributed by atoms with Crippen LogP contribution in [-0.2, 0) is 11.3 Å². The summed E-state index contributed by atoms with van der Waals surface area (Å²) in [6.07, 6.45) is -0.0531. The number of aliphatic carboxylic acids is 1. The smallest absolute Gasteiger partial charge is 0.305 e. The first-order valence-corrected chi connectivity index (χ1v) is 4.47. The van der Waals surface area contributed by atoms with Crippen molar-refractivity contribution in [2.24, 2.45) is 0 Å². The van der Waals surface area contributed by atoms with E-state index in [-0.39, 0.29) is 18.5 Å². The molecule has 1 heterocycles. The van der Waals surface area contributed by atoms with Crippen molar-refractivity contribution in [3.8, 4) is 0 Å². The third kappa shape index (κ3) is 2.69. The number of aromatic nitrogens is 1. The van der Waals surface area contributed by atoms with Gasteiger partial charge in [0.2, 0.25) is 0 Å². The monoisotopic (exact) mass is 245 g/mol. The van der Waals surface area contributed by atoms with Crippen LogP contribution in [0.4, 0.5) is 0 Å². The number of pyridine rings is 1. The lowest BCUT2D eigenvalue weighted by molar-refractivity contribution is -0.137. The fourth-order valence-electron chi connectivity index (χ4n) is 0.919. The molecule has 1 aromatic rings. The van der Waals surface area contributed by atoms with Gasteiger partial charge < -0.3 is 9.67 Å². The summed E-state index contributed by atoms with van der Waals surface area (Å²) in [5.41, 5.74) is -0.198. The quantitative estimate of drug-likeness (QED) is 0.812. The summed E-state index contributed by atoms with van der Waals surface area (Å²) in [5, 5.41) is 8.43. The Balaban J connectivity index is 2.87. The average Bonchev–Trinajstić information content (AvgIpc) is 2.03. The second-order valence-electron chi connectivity index (χ2n) is 2.48. The van der Waals surface area contributed by atoms with Gasteiger partial charge in [-0.2, -0.15) is 0 Å². The van der Waals surface area contributed by atoms with Crippen molar-refractivity contribution in [1.82, 2.24) is 4.57 Å². The van der Waals surface area contributed by atoms with Crippen molar-refractivity contribution in [3.63, 3.8) is 0 Å². The Bertz CT molecular complexity index is 372. The standard InChI is InChI=1S/C8H8BrNO3/c9-6-2-1-3-7(11)10(6)5-4-8(12)13/h1-3H,4-5H2,(H,12,13). The van der Waals surface area contributed by atoms with Gasteiger partial charge >= 0.3 is 5.97 Å². The van der Waals surface area contributed by atoms with Crippen LogP contribution in [0.3, 0.4) is 0 Å². The minimum atomic E-state index is -0.914. The molecule has 70 valence electrons. The van der Waals surface area contributed by atoms with E-state index >= 15 is 0 Å². The van der Waals surface area contributed by atoms with Crippen LogP contribution in [0, 0.1) is 0 Å². The normalized spacial score (nSPS) is 9.92. The van der Waals surface area contributed by atoms with Crippen molar-refractivity contribution in [2.45, 2.75) is 13.0 Å². The molecule has 0 saturated carbocycles. The molecule has 0 radical (unpaired) electrons. The van der Waals surface area contributed by atoms with E-state index in [1.807, 2.05) is 0 Å². The molecule has 1 rings (SSSR count). The van der Waals surface area contributed by atoms with Gasteiger partial charge in [0.1, 0.15) is 0 Å². The summed E-state index contributed by atoms with van der Waals surface area (Å²) in [7, 11) is 0. The lowest BCUT2D eigenvalue weighted by Crippen LogP contribution is -2.20. The number of carboxylic acid groups (broad SMARTS) is 1. The third-order valence-electron chi connectivity index (χ3n) is 1.55. The summed E-state index contributed by atoms with van der Waals surface area (Å²) in [6, 6.07) is 4.71. The molecule has 0 amide bonds. The fraction of sp³-hybridized carbons (Fsp3) is 0.250. The zero-order chi connectivity index (χ0) is 9.84. The molecule has 0 unspecified atom stereocenters. The Labute approximate surface area is 82.9 Å².